The van der Waals surface area contributed by atoms with Crippen molar-refractivity contribution in [2.45, 2.75) is 58.0 Å². The molecule has 1 saturated carbocycles. The number of para-hydroxylation sites is 1. The van der Waals surface area contributed by atoms with Crippen molar-refractivity contribution >= 4 is 5.69 Å². The lowest BCUT2D eigenvalue weighted by Crippen LogP contribution is -2.48. The Morgan fingerprint density at radius 1 is 0.857 bits per heavy atom. The van der Waals surface area contributed by atoms with Gasteiger partial charge < -0.3 is 10.2 Å². The van der Waals surface area contributed by atoms with E-state index in [1.54, 1.807) is 0 Å². The Morgan fingerprint density at radius 2 is 1.57 bits per heavy atom. The first-order chi connectivity index (χ1) is 10.2. The van der Waals surface area contributed by atoms with Crippen molar-refractivity contribution in [1.29, 1.82) is 0 Å². The van der Waals surface area contributed by atoms with E-state index in [0.29, 0.717) is 0 Å². The molecule has 2 nitrogen and oxygen atoms in total. The van der Waals surface area contributed by atoms with Crippen molar-refractivity contribution in [1.82, 2.24) is 5.32 Å². The number of anilines is 1. The van der Waals surface area contributed by atoms with Gasteiger partial charge >= 0.3 is 0 Å². The van der Waals surface area contributed by atoms with Crippen LogP contribution in [0.15, 0.2) is 30.3 Å². The predicted octanol–water partition coefficient (Wildman–Crippen LogP) is 4.07. The van der Waals surface area contributed by atoms with Gasteiger partial charge in [-0.15, -0.1) is 0 Å². The van der Waals surface area contributed by atoms with Crippen molar-refractivity contribution in [3.8, 4) is 0 Å². The maximum Gasteiger partial charge on any atom is 0.0366 e. The van der Waals surface area contributed by atoms with E-state index in [4.69, 9.17) is 0 Å². The van der Waals surface area contributed by atoms with Crippen molar-refractivity contribution < 1.29 is 0 Å². The maximum absolute atomic E-state index is 3.95. The highest BCUT2D eigenvalue weighted by molar-refractivity contribution is 5.46. The first-order valence-corrected chi connectivity index (χ1v) is 8.78. The molecule has 116 valence electrons. The molecule has 0 spiro atoms. The highest BCUT2D eigenvalue weighted by atomic mass is 15.1. The summed E-state index contributed by atoms with van der Waals surface area (Å²) in [7, 11) is 0. The molecule has 1 saturated heterocycles. The summed E-state index contributed by atoms with van der Waals surface area (Å²) in [6, 6.07) is 12.4. The van der Waals surface area contributed by atoms with Gasteiger partial charge in [-0.25, -0.2) is 0 Å². The van der Waals surface area contributed by atoms with E-state index in [-0.39, 0.29) is 0 Å². The summed E-state index contributed by atoms with van der Waals surface area (Å²) >= 11 is 0. The van der Waals surface area contributed by atoms with Crippen LogP contribution in [0.4, 0.5) is 5.69 Å². The number of benzene rings is 1. The lowest BCUT2D eigenvalue weighted by molar-refractivity contribution is 0.208. The van der Waals surface area contributed by atoms with Crippen LogP contribution in [0.2, 0.25) is 0 Å². The predicted molar refractivity (Wildman–Crippen MR) is 90.8 cm³/mol. The van der Waals surface area contributed by atoms with E-state index in [0.717, 1.165) is 23.9 Å². The quantitative estimate of drug-likeness (QED) is 0.901. The van der Waals surface area contributed by atoms with E-state index in [1.807, 2.05) is 0 Å². The monoisotopic (exact) mass is 286 g/mol. The zero-order valence-corrected chi connectivity index (χ0v) is 13.6. The summed E-state index contributed by atoms with van der Waals surface area (Å²) in [5.74, 6) is 1.81. The van der Waals surface area contributed by atoms with E-state index < -0.39 is 0 Å². The molecule has 3 unspecified atom stereocenters. The minimum atomic E-state index is 0.732. The molecule has 1 aromatic rings. The fraction of sp³-hybridized carbons (Fsp3) is 0.684. The average molecular weight is 286 g/mol. The molecular weight excluding hydrogens is 256 g/mol. The Balaban J connectivity index is 1.46. The molecule has 0 radical (unpaired) electrons. The standard InChI is InChI=1S/C19H30N2/c1-15-8-9-18(14-16(15)2)20-17-10-12-21(13-11-17)19-6-4-3-5-7-19/h3-7,15-18,20H,8-14H2,1-2H3. The highest BCUT2D eigenvalue weighted by Crippen LogP contribution is 2.30. The largest absolute Gasteiger partial charge is 0.371 e. The lowest BCUT2D eigenvalue weighted by Gasteiger charge is -2.39. The van der Waals surface area contributed by atoms with Crippen molar-refractivity contribution in [2.75, 3.05) is 18.0 Å². The van der Waals surface area contributed by atoms with Crippen molar-refractivity contribution in [3.63, 3.8) is 0 Å². The number of piperidine rings is 1. The zero-order chi connectivity index (χ0) is 14.7. The number of hydrogen-bond donors (Lipinski definition) is 1. The topological polar surface area (TPSA) is 15.3 Å². The SMILES string of the molecule is CC1CCC(NC2CCN(c3ccccc3)CC2)CC1C. The summed E-state index contributed by atoms with van der Waals surface area (Å²) in [4.78, 5) is 2.53. The molecule has 2 fully saturated rings. The van der Waals surface area contributed by atoms with Crippen LogP contribution in [0.3, 0.4) is 0 Å². The van der Waals surface area contributed by atoms with Crippen LogP contribution >= 0.6 is 0 Å². The van der Waals surface area contributed by atoms with Gasteiger partial charge in [-0.3, -0.25) is 0 Å². The van der Waals surface area contributed by atoms with Gasteiger partial charge in [0.25, 0.3) is 0 Å². The Morgan fingerprint density at radius 3 is 2.24 bits per heavy atom. The van der Waals surface area contributed by atoms with Crippen LogP contribution in [0, 0.1) is 11.8 Å². The van der Waals surface area contributed by atoms with E-state index in [2.05, 4.69) is 54.4 Å². The van der Waals surface area contributed by atoms with E-state index >= 15 is 0 Å². The third-order valence-electron chi connectivity index (χ3n) is 5.69. The number of rotatable bonds is 3. The Labute approximate surface area is 129 Å². The molecule has 1 N–H and O–H groups in total. The number of hydrogen-bond acceptors (Lipinski definition) is 2. The van der Waals surface area contributed by atoms with Gasteiger partial charge in [0.05, 0.1) is 0 Å². The summed E-state index contributed by atoms with van der Waals surface area (Å²) in [6.45, 7) is 7.23. The molecule has 1 aliphatic carbocycles. The molecule has 1 aliphatic heterocycles. The van der Waals surface area contributed by atoms with Gasteiger partial charge in [0.2, 0.25) is 0 Å². The summed E-state index contributed by atoms with van der Waals surface area (Å²) in [5, 5.41) is 3.95. The van der Waals surface area contributed by atoms with Crippen LogP contribution in [-0.2, 0) is 0 Å². The second-order valence-electron chi connectivity index (χ2n) is 7.23. The molecule has 3 rings (SSSR count). The van der Waals surface area contributed by atoms with E-state index in [1.165, 1.54) is 50.9 Å². The van der Waals surface area contributed by atoms with Crippen LogP contribution in [0.1, 0.15) is 46.0 Å². The smallest absolute Gasteiger partial charge is 0.0366 e. The number of nitrogens with zero attached hydrogens (tertiary/aromatic N) is 1. The van der Waals surface area contributed by atoms with Crippen LogP contribution in [-0.4, -0.2) is 25.2 Å². The Bertz CT molecular complexity index is 422. The molecule has 0 aromatic heterocycles. The lowest BCUT2D eigenvalue weighted by atomic mass is 9.79. The highest BCUT2D eigenvalue weighted by Gasteiger charge is 2.27. The fourth-order valence-electron chi connectivity index (χ4n) is 3.98. The maximum atomic E-state index is 3.95. The third-order valence-corrected chi connectivity index (χ3v) is 5.69. The van der Waals surface area contributed by atoms with E-state index in [9.17, 15) is 0 Å². The molecule has 3 atom stereocenters. The average Bonchev–Trinajstić information content (AvgIpc) is 2.53. The van der Waals surface area contributed by atoms with Gasteiger partial charge in [-0.05, 0) is 56.1 Å². The first kappa shape index (κ1) is 14.9. The second-order valence-corrected chi connectivity index (χ2v) is 7.23. The van der Waals surface area contributed by atoms with Gasteiger partial charge in [0, 0.05) is 30.9 Å². The van der Waals surface area contributed by atoms with Gasteiger partial charge in [0.15, 0.2) is 0 Å². The fourth-order valence-corrected chi connectivity index (χ4v) is 3.98. The molecule has 2 heteroatoms. The summed E-state index contributed by atoms with van der Waals surface area (Å²) < 4.78 is 0. The first-order valence-electron chi connectivity index (χ1n) is 8.78. The van der Waals surface area contributed by atoms with Crippen LogP contribution < -0.4 is 10.2 Å². The molecular formula is C19H30N2. The Hall–Kier alpha value is -1.02. The second kappa shape index (κ2) is 6.83. The minimum absolute atomic E-state index is 0.732. The molecule has 0 amide bonds. The Kier molecular flexibility index (Phi) is 4.84. The molecule has 1 heterocycles. The molecule has 21 heavy (non-hydrogen) atoms. The third kappa shape index (κ3) is 3.79. The van der Waals surface area contributed by atoms with Gasteiger partial charge in [0.1, 0.15) is 0 Å². The van der Waals surface area contributed by atoms with Crippen LogP contribution in [0.5, 0.6) is 0 Å². The van der Waals surface area contributed by atoms with Crippen LogP contribution in [0.25, 0.3) is 0 Å². The number of nitrogens with one attached hydrogen (secondary N) is 1. The normalized spacial score (nSPS) is 31.3. The molecule has 1 aromatic carbocycles. The van der Waals surface area contributed by atoms with Crippen molar-refractivity contribution in [2.24, 2.45) is 11.8 Å². The van der Waals surface area contributed by atoms with Gasteiger partial charge in [-0.1, -0.05) is 32.0 Å². The molecule has 0 bridgehead atoms. The summed E-state index contributed by atoms with van der Waals surface area (Å²) in [5.41, 5.74) is 1.39. The summed E-state index contributed by atoms with van der Waals surface area (Å²) in [6.07, 6.45) is 6.73. The van der Waals surface area contributed by atoms with Crippen molar-refractivity contribution in [3.05, 3.63) is 30.3 Å². The minimum Gasteiger partial charge on any atom is -0.371 e. The zero-order valence-electron chi connectivity index (χ0n) is 13.6. The van der Waals surface area contributed by atoms with Gasteiger partial charge in [-0.2, -0.15) is 0 Å². The molecule has 2 aliphatic rings.